The van der Waals surface area contributed by atoms with Crippen molar-refractivity contribution < 1.29 is 23.5 Å². The molecule has 1 fully saturated rings. The molecule has 0 unspecified atom stereocenters. The molecule has 31 heavy (non-hydrogen) atoms. The minimum atomic E-state index is -0.532. The van der Waals surface area contributed by atoms with Gasteiger partial charge in [0.2, 0.25) is 0 Å². The molecule has 0 radical (unpaired) electrons. The van der Waals surface area contributed by atoms with Crippen LogP contribution in [0.2, 0.25) is 0 Å². The Morgan fingerprint density at radius 1 is 0.968 bits per heavy atom. The quantitative estimate of drug-likeness (QED) is 0.521. The highest BCUT2D eigenvalue weighted by Gasteiger charge is 2.24. The molecular formula is C24H27FN2O4. The molecule has 0 saturated carbocycles. The van der Waals surface area contributed by atoms with Gasteiger partial charge >= 0.3 is 5.97 Å². The Bertz CT molecular complexity index is 964. The predicted molar refractivity (Wildman–Crippen MR) is 116 cm³/mol. The Labute approximate surface area is 181 Å². The normalized spacial score (nSPS) is 14.0. The van der Waals surface area contributed by atoms with E-state index in [2.05, 4.69) is 13.8 Å². The Morgan fingerprint density at radius 2 is 1.58 bits per heavy atom. The second kappa shape index (κ2) is 9.73. The number of ether oxygens (including phenoxy) is 1. The molecule has 1 aliphatic rings. The summed E-state index contributed by atoms with van der Waals surface area (Å²) >= 11 is 0. The lowest BCUT2D eigenvalue weighted by Crippen LogP contribution is -2.50. The van der Waals surface area contributed by atoms with E-state index in [4.69, 9.17) is 4.74 Å². The zero-order valence-corrected chi connectivity index (χ0v) is 18.1. The first-order valence-electron chi connectivity index (χ1n) is 10.4. The van der Waals surface area contributed by atoms with Crippen LogP contribution in [-0.2, 0) is 9.53 Å². The number of hydrogen-bond donors (Lipinski definition) is 0. The Hall–Kier alpha value is -3.22. The van der Waals surface area contributed by atoms with Gasteiger partial charge in [-0.2, -0.15) is 0 Å². The zero-order valence-electron chi connectivity index (χ0n) is 18.1. The van der Waals surface area contributed by atoms with E-state index in [1.54, 1.807) is 29.2 Å². The summed E-state index contributed by atoms with van der Waals surface area (Å²) in [6.45, 7) is 6.90. The zero-order chi connectivity index (χ0) is 22.5. The maximum Gasteiger partial charge on any atom is 0.338 e. The first-order chi connectivity index (χ1) is 14.8. The Morgan fingerprint density at radius 3 is 2.13 bits per heavy atom. The van der Waals surface area contributed by atoms with Gasteiger partial charge < -0.3 is 14.5 Å². The van der Waals surface area contributed by atoms with Crippen molar-refractivity contribution in [3.05, 3.63) is 65.0 Å². The highest BCUT2D eigenvalue weighted by Crippen LogP contribution is 2.22. The first-order valence-corrected chi connectivity index (χ1v) is 10.4. The second-order valence-electron chi connectivity index (χ2n) is 7.94. The highest BCUT2D eigenvalue weighted by atomic mass is 19.1. The van der Waals surface area contributed by atoms with Crippen molar-refractivity contribution >= 4 is 23.3 Å². The van der Waals surface area contributed by atoms with Crippen LogP contribution in [0, 0.1) is 5.82 Å². The molecule has 1 saturated heterocycles. The predicted octanol–water partition coefficient (Wildman–Crippen LogP) is 3.66. The maximum absolute atomic E-state index is 14.4. The molecule has 0 spiro atoms. The summed E-state index contributed by atoms with van der Waals surface area (Å²) in [4.78, 5) is 39.4. The van der Waals surface area contributed by atoms with E-state index < -0.39 is 11.8 Å². The SMILES string of the molecule is CC(=O)c1ccc(N2CCN(C(=O)COC(=O)c3ccc(C(C)C)cc3)CC2)c(F)c1. The van der Waals surface area contributed by atoms with E-state index >= 15 is 0 Å². The molecule has 1 heterocycles. The summed E-state index contributed by atoms with van der Waals surface area (Å²) in [6, 6.07) is 11.6. The minimum Gasteiger partial charge on any atom is -0.452 e. The van der Waals surface area contributed by atoms with Gasteiger partial charge in [-0.25, -0.2) is 9.18 Å². The van der Waals surface area contributed by atoms with Crippen LogP contribution >= 0.6 is 0 Å². The van der Waals surface area contributed by atoms with E-state index in [1.807, 2.05) is 17.0 Å². The monoisotopic (exact) mass is 426 g/mol. The third kappa shape index (κ3) is 5.48. The van der Waals surface area contributed by atoms with Crippen LogP contribution < -0.4 is 4.90 Å². The third-order valence-corrected chi connectivity index (χ3v) is 5.47. The van der Waals surface area contributed by atoms with Crippen LogP contribution in [0.15, 0.2) is 42.5 Å². The molecule has 0 aromatic heterocycles. The number of ketones is 1. The van der Waals surface area contributed by atoms with Crippen molar-refractivity contribution in [3.63, 3.8) is 0 Å². The summed E-state index contributed by atoms with van der Waals surface area (Å²) in [5, 5.41) is 0. The average Bonchev–Trinajstić information content (AvgIpc) is 2.77. The molecule has 1 amide bonds. The molecular weight excluding hydrogens is 399 g/mol. The van der Waals surface area contributed by atoms with Gasteiger partial charge in [0.1, 0.15) is 5.82 Å². The fourth-order valence-corrected chi connectivity index (χ4v) is 3.49. The van der Waals surface area contributed by atoms with Crippen LogP contribution in [0.4, 0.5) is 10.1 Å². The van der Waals surface area contributed by atoms with E-state index in [0.29, 0.717) is 48.9 Å². The van der Waals surface area contributed by atoms with E-state index in [0.717, 1.165) is 5.56 Å². The number of hydrogen-bond acceptors (Lipinski definition) is 5. The van der Waals surface area contributed by atoms with Gasteiger partial charge in [0.25, 0.3) is 5.91 Å². The number of benzene rings is 2. The van der Waals surface area contributed by atoms with E-state index in [-0.39, 0.29) is 18.3 Å². The molecule has 0 aliphatic carbocycles. The third-order valence-electron chi connectivity index (χ3n) is 5.47. The highest BCUT2D eigenvalue weighted by molar-refractivity contribution is 5.94. The van der Waals surface area contributed by atoms with Gasteiger partial charge in [0.05, 0.1) is 11.3 Å². The van der Waals surface area contributed by atoms with Gasteiger partial charge in [0, 0.05) is 31.7 Å². The first kappa shape index (κ1) is 22.5. The standard InChI is InChI=1S/C24H27FN2O4/c1-16(2)18-4-6-19(7-5-18)24(30)31-15-23(29)27-12-10-26(11-13-27)22-9-8-20(17(3)28)14-21(22)25/h4-9,14,16H,10-13,15H2,1-3H3. The summed E-state index contributed by atoms with van der Waals surface area (Å²) in [6.07, 6.45) is 0. The van der Waals surface area contributed by atoms with E-state index in [1.165, 1.54) is 13.0 Å². The molecule has 0 N–H and O–H groups in total. The number of anilines is 1. The molecule has 164 valence electrons. The molecule has 1 aliphatic heterocycles. The second-order valence-corrected chi connectivity index (χ2v) is 7.94. The average molecular weight is 426 g/mol. The molecule has 2 aromatic carbocycles. The largest absolute Gasteiger partial charge is 0.452 e. The van der Waals surface area contributed by atoms with Gasteiger partial charge in [-0.15, -0.1) is 0 Å². The van der Waals surface area contributed by atoms with Crippen LogP contribution in [0.25, 0.3) is 0 Å². The van der Waals surface area contributed by atoms with Crippen LogP contribution in [-0.4, -0.2) is 55.3 Å². The van der Waals surface area contributed by atoms with Crippen LogP contribution in [0.5, 0.6) is 0 Å². The summed E-state index contributed by atoms with van der Waals surface area (Å²) in [5.74, 6) is -1.09. The van der Waals surface area contributed by atoms with Crippen molar-refractivity contribution in [2.24, 2.45) is 0 Å². The van der Waals surface area contributed by atoms with E-state index in [9.17, 15) is 18.8 Å². The number of amides is 1. The van der Waals surface area contributed by atoms with Gasteiger partial charge in [-0.05, 0) is 48.7 Å². The number of nitrogens with zero attached hydrogens (tertiary/aromatic N) is 2. The summed E-state index contributed by atoms with van der Waals surface area (Å²) in [5.41, 5.74) is 2.27. The van der Waals surface area contributed by atoms with Crippen molar-refractivity contribution in [2.75, 3.05) is 37.7 Å². The van der Waals surface area contributed by atoms with Crippen molar-refractivity contribution in [1.82, 2.24) is 4.90 Å². The lowest BCUT2D eigenvalue weighted by Gasteiger charge is -2.36. The molecule has 3 rings (SSSR count). The lowest BCUT2D eigenvalue weighted by atomic mass is 10.0. The topological polar surface area (TPSA) is 66.9 Å². The van der Waals surface area contributed by atoms with Crippen molar-refractivity contribution in [1.29, 1.82) is 0 Å². The molecule has 0 atom stereocenters. The van der Waals surface area contributed by atoms with Crippen molar-refractivity contribution in [2.45, 2.75) is 26.7 Å². The summed E-state index contributed by atoms with van der Waals surface area (Å²) < 4.78 is 19.5. The number of halogens is 1. The summed E-state index contributed by atoms with van der Waals surface area (Å²) in [7, 11) is 0. The minimum absolute atomic E-state index is 0.189. The number of Topliss-reactive ketones (excluding diaryl/α,β-unsaturated/α-hetero) is 1. The van der Waals surface area contributed by atoms with Gasteiger partial charge in [-0.3, -0.25) is 9.59 Å². The van der Waals surface area contributed by atoms with Crippen LogP contribution in [0.3, 0.4) is 0 Å². The Kier molecular flexibility index (Phi) is 7.05. The number of rotatable bonds is 6. The van der Waals surface area contributed by atoms with Gasteiger partial charge in [0.15, 0.2) is 12.4 Å². The van der Waals surface area contributed by atoms with Crippen molar-refractivity contribution in [3.8, 4) is 0 Å². The fraction of sp³-hybridized carbons (Fsp3) is 0.375. The smallest absolute Gasteiger partial charge is 0.338 e. The maximum atomic E-state index is 14.4. The molecule has 0 bridgehead atoms. The number of carbonyl (C=O) groups is 3. The number of piperazine rings is 1. The fourth-order valence-electron chi connectivity index (χ4n) is 3.49. The van der Waals surface area contributed by atoms with Crippen LogP contribution in [0.1, 0.15) is 53.0 Å². The molecule has 2 aromatic rings. The lowest BCUT2D eigenvalue weighted by molar-refractivity contribution is -0.134. The molecule has 7 heteroatoms. The van der Waals surface area contributed by atoms with Gasteiger partial charge in [-0.1, -0.05) is 26.0 Å². The molecule has 6 nitrogen and oxygen atoms in total. The Balaban J connectivity index is 1.50. The number of carbonyl (C=O) groups excluding carboxylic acids is 3. The number of esters is 1.